The summed E-state index contributed by atoms with van der Waals surface area (Å²) in [6.45, 7) is 2.90. The molecule has 0 spiro atoms. The molecule has 0 saturated heterocycles. The molecule has 0 aliphatic carbocycles. The van der Waals surface area contributed by atoms with Gasteiger partial charge in [-0.2, -0.15) is 0 Å². The Morgan fingerprint density at radius 2 is 1.74 bits per heavy atom. The van der Waals surface area contributed by atoms with Gasteiger partial charge in [0.1, 0.15) is 0 Å². The number of rotatable bonds is 4. The number of hydrogen-bond acceptors (Lipinski definition) is 1. The summed E-state index contributed by atoms with van der Waals surface area (Å²) >= 11 is 12.0. The van der Waals surface area contributed by atoms with Gasteiger partial charge in [0.15, 0.2) is 0 Å². The maximum Gasteiger partial charge on any atom is 0.0598 e. The highest BCUT2D eigenvalue weighted by Crippen LogP contribution is 2.30. The fourth-order valence-electron chi connectivity index (χ4n) is 2.12. The summed E-state index contributed by atoms with van der Waals surface area (Å²) in [6.07, 6.45) is 0.991. The van der Waals surface area contributed by atoms with E-state index in [0.717, 1.165) is 17.5 Å². The average Bonchev–Trinajstić information content (AvgIpc) is 2.42. The van der Waals surface area contributed by atoms with E-state index in [1.54, 1.807) is 0 Å². The molecule has 0 fully saturated rings. The molecule has 2 N–H and O–H groups in total. The van der Waals surface area contributed by atoms with Gasteiger partial charge >= 0.3 is 0 Å². The molecule has 0 bridgehead atoms. The van der Waals surface area contributed by atoms with Crippen LogP contribution in [0.2, 0.25) is 10.0 Å². The zero-order valence-corrected chi connectivity index (χ0v) is 12.4. The lowest BCUT2D eigenvalue weighted by Gasteiger charge is -2.12. The quantitative estimate of drug-likeness (QED) is 0.832. The highest BCUT2D eigenvalue weighted by Gasteiger charge is 2.07. The molecule has 0 aliphatic rings. The molecule has 19 heavy (non-hydrogen) atoms. The van der Waals surface area contributed by atoms with Gasteiger partial charge in [0.25, 0.3) is 0 Å². The standard InChI is InChI=1S/C16H17Cl2N/c1-11(7-8-19)12-3-2-4-13(9-12)14-5-6-15(17)16(18)10-14/h2-6,9-11H,7-8,19H2,1H3. The maximum absolute atomic E-state index is 6.07. The van der Waals surface area contributed by atoms with E-state index in [1.807, 2.05) is 18.2 Å². The van der Waals surface area contributed by atoms with Crippen molar-refractivity contribution in [2.45, 2.75) is 19.3 Å². The SMILES string of the molecule is CC(CCN)c1cccc(-c2ccc(Cl)c(Cl)c2)c1. The highest BCUT2D eigenvalue weighted by atomic mass is 35.5. The van der Waals surface area contributed by atoms with Crippen LogP contribution in [-0.2, 0) is 0 Å². The Kier molecular flexibility index (Phi) is 4.87. The Balaban J connectivity index is 2.34. The van der Waals surface area contributed by atoms with Crippen LogP contribution in [0.4, 0.5) is 0 Å². The first-order chi connectivity index (χ1) is 9.11. The lowest BCUT2D eigenvalue weighted by atomic mass is 9.94. The summed E-state index contributed by atoms with van der Waals surface area (Å²) in [7, 11) is 0. The predicted molar refractivity (Wildman–Crippen MR) is 84.0 cm³/mol. The fourth-order valence-corrected chi connectivity index (χ4v) is 2.42. The van der Waals surface area contributed by atoms with Crippen molar-refractivity contribution in [1.29, 1.82) is 0 Å². The van der Waals surface area contributed by atoms with Gasteiger partial charge in [-0.05, 0) is 47.7 Å². The molecule has 2 aromatic carbocycles. The minimum atomic E-state index is 0.465. The molecule has 3 heteroatoms. The molecule has 2 rings (SSSR count). The number of halogens is 2. The second-order valence-corrected chi connectivity index (χ2v) is 5.55. The monoisotopic (exact) mass is 293 g/mol. The van der Waals surface area contributed by atoms with Crippen LogP contribution in [0.15, 0.2) is 42.5 Å². The van der Waals surface area contributed by atoms with Gasteiger partial charge in [-0.3, -0.25) is 0 Å². The van der Waals surface area contributed by atoms with Gasteiger partial charge < -0.3 is 5.73 Å². The van der Waals surface area contributed by atoms with Crippen molar-refractivity contribution >= 4 is 23.2 Å². The van der Waals surface area contributed by atoms with Crippen LogP contribution in [0.25, 0.3) is 11.1 Å². The minimum Gasteiger partial charge on any atom is -0.330 e. The molecule has 0 aromatic heterocycles. The molecule has 100 valence electrons. The maximum atomic E-state index is 6.07. The summed E-state index contributed by atoms with van der Waals surface area (Å²) in [4.78, 5) is 0. The molecule has 0 amide bonds. The van der Waals surface area contributed by atoms with Crippen molar-refractivity contribution in [2.75, 3.05) is 6.54 Å². The van der Waals surface area contributed by atoms with Gasteiger partial charge in [-0.25, -0.2) is 0 Å². The number of nitrogens with two attached hydrogens (primary N) is 1. The Morgan fingerprint density at radius 3 is 2.42 bits per heavy atom. The lowest BCUT2D eigenvalue weighted by molar-refractivity contribution is 0.690. The van der Waals surface area contributed by atoms with Gasteiger partial charge in [-0.15, -0.1) is 0 Å². The molecule has 1 nitrogen and oxygen atoms in total. The molecule has 0 radical (unpaired) electrons. The van der Waals surface area contributed by atoms with Crippen molar-refractivity contribution in [3.8, 4) is 11.1 Å². The van der Waals surface area contributed by atoms with Crippen molar-refractivity contribution in [2.24, 2.45) is 5.73 Å². The second-order valence-electron chi connectivity index (χ2n) is 4.73. The topological polar surface area (TPSA) is 26.0 Å². The van der Waals surface area contributed by atoms with Crippen LogP contribution in [0.3, 0.4) is 0 Å². The van der Waals surface area contributed by atoms with Gasteiger partial charge in [0, 0.05) is 0 Å². The van der Waals surface area contributed by atoms with E-state index in [1.165, 1.54) is 5.56 Å². The first-order valence-electron chi connectivity index (χ1n) is 6.37. The van der Waals surface area contributed by atoms with E-state index >= 15 is 0 Å². The molecular weight excluding hydrogens is 277 g/mol. The zero-order chi connectivity index (χ0) is 13.8. The molecular formula is C16H17Cl2N. The smallest absolute Gasteiger partial charge is 0.0598 e. The predicted octanol–water partition coefficient (Wildman–Crippen LogP) is 5.11. The van der Waals surface area contributed by atoms with Crippen LogP contribution >= 0.6 is 23.2 Å². The van der Waals surface area contributed by atoms with Crippen LogP contribution in [0.5, 0.6) is 0 Å². The van der Waals surface area contributed by atoms with Crippen LogP contribution in [0, 0.1) is 0 Å². The van der Waals surface area contributed by atoms with E-state index in [2.05, 4.69) is 31.2 Å². The largest absolute Gasteiger partial charge is 0.330 e. The van der Waals surface area contributed by atoms with Gasteiger partial charge in [-0.1, -0.05) is 60.5 Å². The van der Waals surface area contributed by atoms with Crippen LogP contribution < -0.4 is 5.73 Å². The molecule has 0 saturated carbocycles. The first-order valence-corrected chi connectivity index (χ1v) is 7.13. The average molecular weight is 294 g/mol. The third-order valence-electron chi connectivity index (χ3n) is 3.31. The van der Waals surface area contributed by atoms with E-state index < -0.39 is 0 Å². The van der Waals surface area contributed by atoms with Crippen molar-refractivity contribution in [3.05, 3.63) is 58.1 Å². The first kappa shape index (κ1) is 14.4. The van der Waals surface area contributed by atoms with E-state index in [4.69, 9.17) is 28.9 Å². The fraction of sp³-hybridized carbons (Fsp3) is 0.250. The van der Waals surface area contributed by atoms with Gasteiger partial charge in [0.05, 0.1) is 10.0 Å². The van der Waals surface area contributed by atoms with Crippen LogP contribution in [0.1, 0.15) is 24.8 Å². The van der Waals surface area contributed by atoms with E-state index in [-0.39, 0.29) is 0 Å². The normalized spacial score (nSPS) is 12.4. The second kappa shape index (κ2) is 6.42. The Bertz CT molecular complexity index is 566. The van der Waals surface area contributed by atoms with E-state index in [0.29, 0.717) is 22.5 Å². The van der Waals surface area contributed by atoms with Crippen LogP contribution in [-0.4, -0.2) is 6.54 Å². The lowest BCUT2D eigenvalue weighted by Crippen LogP contribution is -2.04. The highest BCUT2D eigenvalue weighted by molar-refractivity contribution is 6.42. The van der Waals surface area contributed by atoms with Crippen molar-refractivity contribution in [3.63, 3.8) is 0 Å². The Morgan fingerprint density at radius 1 is 1.00 bits per heavy atom. The third kappa shape index (κ3) is 3.50. The molecule has 0 heterocycles. The molecule has 1 unspecified atom stereocenters. The molecule has 0 aliphatic heterocycles. The van der Waals surface area contributed by atoms with Crippen molar-refractivity contribution in [1.82, 2.24) is 0 Å². The summed E-state index contributed by atoms with van der Waals surface area (Å²) in [5, 5.41) is 1.16. The molecule has 2 aromatic rings. The zero-order valence-electron chi connectivity index (χ0n) is 10.9. The third-order valence-corrected chi connectivity index (χ3v) is 4.05. The summed E-state index contributed by atoms with van der Waals surface area (Å²) in [6, 6.07) is 14.2. The summed E-state index contributed by atoms with van der Waals surface area (Å²) in [5.74, 6) is 0.465. The number of benzene rings is 2. The Hall–Kier alpha value is -1.02. The Labute approximate surface area is 124 Å². The summed E-state index contributed by atoms with van der Waals surface area (Å²) < 4.78 is 0. The summed E-state index contributed by atoms with van der Waals surface area (Å²) in [5.41, 5.74) is 9.15. The minimum absolute atomic E-state index is 0.465. The number of hydrogen-bond donors (Lipinski definition) is 1. The van der Waals surface area contributed by atoms with Crippen molar-refractivity contribution < 1.29 is 0 Å². The molecule has 1 atom stereocenters. The van der Waals surface area contributed by atoms with E-state index in [9.17, 15) is 0 Å². The van der Waals surface area contributed by atoms with Gasteiger partial charge in [0.2, 0.25) is 0 Å².